The Labute approximate surface area is 64.3 Å². The van der Waals surface area contributed by atoms with Crippen LogP contribution in [0.25, 0.3) is 0 Å². The van der Waals surface area contributed by atoms with E-state index in [0.29, 0.717) is 12.0 Å². The summed E-state index contributed by atoms with van der Waals surface area (Å²) < 4.78 is 0. The maximum absolute atomic E-state index is 5.87. The van der Waals surface area contributed by atoms with E-state index >= 15 is 0 Å². The van der Waals surface area contributed by atoms with E-state index in [-0.39, 0.29) is 0 Å². The molecule has 1 nitrogen and oxygen atoms in total. The highest BCUT2D eigenvalue weighted by molar-refractivity contribution is 4.99. The van der Waals surface area contributed by atoms with Gasteiger partial charge in [0.2, 0.25) is 0 Å². The summed E-state index contributed by atoms with van der Waals surface area (Å²) in [5.74, 6) is 0.519. The quantitative estimate of drug-likeness (QED) is 0.597. The van der Waals surface area contributed by atoms with E-state index in [9.17, 15) is 0 Å². The fraction of sp³-hybridized carbons (Fsp3) is 0.778. The van der Waals surface area contributed by atoms with Gasteiger partial charge in [0.05, 0.1) is 0 Å². The second kappa shape index (κ2) is 4.51. The average molecular weight is 141 g/mol. The first kappa shape index (κ1) is 9.70. The minimum Gasteiger partial charge on any atom is -0.327 e. The molecule has 0 bridgehead atoms. The van der Waals surface area contributed by atoms with Gasteiger partial charge in [0.25, 0.3) is 0 Å². The Morgan fingerprint density at radius 1 is 1.40 bits per heavy atom. The minimum absolute atomic E-state index is 0.308. The van der Waals surface area contributed by atoms with Gasteiger partial charge < -0.3 is 5.73 Å². The molecule has 2 atom stereocenters. The Hall–Kier alpha value is -0.300. The van der Waals surface area contributed by atoms with Gasteiger partial charge in [-0.1, -0.05) is 26.0 Å². The molecule has 0 amide bonds. The molecule has 0 aromatic carbocycles. The lowest BCUT2D eigenvalue weighted by atomic mass is 9.90. The van der Waals surface area contributed by atoms with Crippen LogP contribution < -0.4 is 5.73 Å². The van der Waals surface area contributed by atoms with Crippen LogP contribution in [-0.2, 0) is 0 Å². The first-order valence-corrected chi connectivity index (χ1v) is 4.04. The molecule has 0 spiro atoms. The average Bonchev–Trinajstić information content (AvgIpc) is 1.88. The summed E-state index contributed by atoms with van der Waals surface area (Å²) in [7, 11) is 0. The molecular formula is C9H19N. The molecule has 60 valence electrons. The van der Waals surface area contributed by atoms with Crippen LogP contribution in [0.5, 0.6) is 0 Å². The SMILES string of the molecule is C=C(C)C(CC)C(N)CC. The van der Waals surface area contributed by atoms with Crippen molar-refractivity contribution in [3.8, 4) is 0 Å². The fourth-order valence-electron chi connectivity index (χ4n) is 1.30. The van der Waals surface area contributed by atoms with Crippen LogP contribution in [0.2, 0.25) is 0 Å². The van der Waals surface area contributed by atoms with Crippen LogP contribution in [0.1, 0.15) is 33.6 Å². The molecule has 1 heteroatoms. The van der Waals surface area contributed by atoms with Crippen molar-refractivity contribution < 1.29 is 0 Å². The molecule has 0 fully saturated rings. The van der Waals surface area contributed by atoms with Crippen molar-refractivity contribution in [3.63, 3.8) is 0 Å². The molecule has 0 saturated carbocycles. The summed E-state index contributed by atoms with van der Waals surface area (Å²) >= 11 is 0. The second-order valence-corrected chi connectivity index (χ2v) is 2.93. The minimum atomic E-state index is 0.308. The van der Waals surface area contributed by atoms with Crippen molar-refractivity contribution in [2.75, 3.05) is 0 Å². The molecule has 10 heavy (non-hydrogen) atoms. The predicted molar refractivity (Wildman–Crippen MR) is 46.9 cm³/mol. The van der Waals surface area contributed by atoms with Gasteiger partial charge in [0.15, 0.2) is 0 Å². The molecule has 2 N–H and O–H groups in total. The Bertz CT molecular complexity index is 107. The van der Waals surface area contributed by atoms with E-state index in [1.54, 1.807) is 0 Å². The predicted octanol–water partition coefficient (Wildman–Crippen LogP) is 2.33. The zero-order chi connectivity index (χ0) is 8.15. The molecule has 2 unspecified atom stereocenters. The van der Waals surface area contributed by atoms with Gasteiger partial charge in [0.1, 0.15) is 0 Å². The van der Waals surface area contributed by atoms with E-state index in [1.165, 1.54) is 5.57 Å². The van der Waals surface area contributed by atoms with Crippen LogP contribution in [0.4, 0.5) is 0 Å². The van der Waals surface area contributed by atoms with Crippen LogP contribution in [0, 0.1) is 5.92 Å². The smallest absolute Gasteiger partial charge is 0.0102 e. The van der Waals surface area contributed by atoms with Crippen LogP contribution in [-0.4, -0.2) is 6.04 Å². The molecule has 0 saturated heterocycles. The Morgan fingerprint density at radius 3 is 2.00 bits per heavy atom. The maximum atomic E-state index is 5.87. The molecular weight excluding hydrogens is 122 g/mol. The molecule has 0 radical (unpaired) electrons. The normalized spacial score (nSPS) is 16.4. The Balaban J connectivity index is 3.92. The monoisotopic (exact) mass is 141 g/mol. The van der Waals surface area contributed by atoms with E-state index < -0.39 is 0 Å². The Kier molecular flexibility index (Phi) is 4.37. The summed E-state index contributed by atoms with van der Waals surface area (Å²) in [6.45, 7) is 10.3. The maximum Gasteiger partial charge on any atom is 0.0102 e. The summed E-state index contributed by atoms with van der Waals surface area (Å²) in [5.41, 5.74) is 7.09. The number of rotatable bonds is 4. The standard InChI is InChI=1S/C9H19N/c1-5-8(7(3)4)9(10)6-2/h8-9H,3,5-6,10H2,1-2,4H3. The lowest BCUT2D eigenvalue weighted by molar-refractivity contribution is 0.455. The van der Waals surface area contributed by atoms with E-state index in [1.807, 2.05) is 0 Å². The first-order chi connectivity index (χ1) is 4.63. The third-order valence-electron chi connectivity index (χ3n) is 2.06. The zero-order valence-corrected chi connectivity index (χ0v) is 7.35. The molecule has 0 aliphatic rings. The summed E-state index contributed by atoms with van der Waals surface area (Å²) in [6.07, 6.45) is 2.16. The molecule has 0 aromatic rings. The van der Waals surface area contributed by atoms with Gasteiger partial charge in [-0.2, -0.15) is 0 Å². The van der Waals surface area contributed by atoms with Crippen molar-refractivity contribution in [2.24, 2.45) is 11.7 Å². The van der Waals surface area contributed by atoms with Gasteiger partial charge in [-0.25, -0.2) is 0 Å². The van der Waals surface area contributed by atoms with Gasteiger partial charge in [-0.3, -0.25) is 0 Å². The van der Waals surface area contributed by atoms with Crippen molar-refractivity contribution in [2.45, 2.75) is 39.7 Å². The van der Waals surface area contributed by atoms with Crippen LogP contribution in [0.15, 0.2) is 12.2 Å². The largest absolute Gasteiger partial charge is 0.327 e. The van der Waals surface area contributed by atoms with Crippen molar-refractivity contribution >= 4 is 0 Å². The third-order valence-corrected chi connectivity index (χ3v) is 2.06. The van der Waals surface area contributed by atoms with Gasteiger partial charge in [0, 0.05) is 6.04 Å². The Morgan fingerprint density at radius 2 is 1.90 bits per heavy atom. The van der Waals surface area contributed by atoms with Crippen LogP contribution >= 0.6 is 0 Å². The highest BCUT2D eigenvalue weighted by atomic mass is 14.6. The van der Waals surface area contributed by atoms with Crippen molar-refractivity contribution in [3.05, 3.63) is 12.2 Å². The van der Waals surface area contributed by atoms with E-state index in [4.69, 9.17) is 5.73 Å². The molecule has 0 rings (SSSR count). The first-order valence-electron chi connectivity index (χ1n) is 4.04. The van der Waals surface area contributed by atoms with Crippen LogP contribution in [0.3, 0.4) is 0 Å². The number of hydrogen-bond acceptors (Lipinski definition) is 1. The summed E-state index contributed by atoms with van der Waals surface area (Å²) in [4.78, 5) is 0. The lowest BCUT2D eigenvalue weighted by Crippen LogP contribution is -2.29. The fourth-order valence-corrected chi connectivity index (χ4v) is 1.30. The lowest BCUT2D eigenvalue weighted by Gasteiger charge is -2.21. The molecule has 0 aromatic heterocycles. The molecule has 0 heterocycles. The van der Waals surface area contributed by atoms with Crippen molar-refractivity contribution in [1.29, 1.82) is 0 Å². The molecule has 0 aliphatic heterocycles. The highest BCUT2D eigenvalue weighted by Gasteiger charge is 2.13. The number of nitrogens with two attached hydrogens (primary N) is 1. The summed E-state index contributed by atoms with van der Waals surface area (Å²) in [5, 5.41) is 0. The highest BCUT2D eigenvalue weighted by Crippen LogP contribution is 2.17. The summed E-state index contributed by atoms with van der Waals surface area (Å²) in [6, 6.07) is 0.308. The van der Waals surface area contributed by atoms with E-state index in [0.717, 1.165) is 12.8 Å². The second-order valence-electron chi connectivity index (χ2n) is 2.93. The zero-order valence-electron chi connectivity index (χ0n) is 7.35. The van der Waals surface area contributed by atoms with E-state index in [2.05, 4.69) is 27.4 Å². The van der Waals surface area contributed by atoms with Gasteiger partial charge >= 0.3 is 0 Å². The van der Waals surface area contributed by atoms with Gasteiger partial charge in [-0.05, 0) is 25.7 Å². The number of hydrogen-bond donors (Lipinski definition) is 1. The molecule has 0 aliphatic carbocycles. The van der Waals surface area contributed by atoms with Crippen molar-refractivity contribution in [1.82, 2.24) is 0 Å². The topological polar surface area (TPSA) is 26.0 Å². The third kappa shape index (κ3) is 2.53. The van der Waals surface area contributed by atoms with Gasteiger partial charge in [-0.15, -0.1) is 0 Å².